The van der Waals surface area contributed by atoms with Crippen LogP contribution in [0.2, 0.25) is 0 Å². The van der Waals surface area contributed by atoms with Gasteiger partial charge in [0.05, 0.1) is 0 Å². The molecule has 0 spiro atoms. The minimum atomic E-state index is 1.08. The average Bonchev–Trinajstić information content (AvgIpc) is 2.33. The predicted octanol–water partition coefficient (Wildman–Crippen LogP) is 0.227. The summed E-state index contributed by atoms with van der Waals surface area (Å²) in [6.45, 7) is 3.43. The third-order valence-corrected chi connectivity index (χ3v) is 2.10. The first-order chi connectivity index (χ1) is 4.47. The number of nitrogens with one attached hydrogen (secondary N) is 2. The molecule has 2 aliphatic rings. The molecule has 2 heterocycles. The fraction of sp³-hybridized carbons (Fsp3) is 0.714. The summed E-state index contributed by atoms with van der Waals surface area (Å²) < 4.78 is 0. The topological polar surface area (TPSA) is 24.1 Å². The second-order valence-corrected chi connectivity index (χ2v) is 2.69. The van der Waals surface area contributed by atoms with Gasteiger partial charge in [0, 0.05) is 18.8 Å². The fourth-order valence-electron chi connectivity index (χ4n) is 1.56. The van der Waals surface area contributed by atoms with Crippen LogP contribution in [0.15, 0.2) is 11.3 Å². The van der Waals surface area contributed by atoms with E-state index in [1.54, 1.807) is 5.57 Å². The van der Waals surface area contributed by atoms with Crippen molar-refractivity contribution in [3.8, 4) is 0 Å². The van der Waals surface area contributed by atoms with E-state index in [2.05, 4.69) is 10.6 Å². The van der Waals surface area contributed by atoms with Crippen LogP contribution >= 0.6 is 0 Å². The van der Waals surface area contributed by atoms with Crippen molar-refractivity contribution in [1.29, 1.82) is 0 Å². The van der Waals surface area contributed by atoms with Gasteiger partial charge < -0.3 is 10.6 Å². The molecule has 2 nitrogen and oxygen atoms in total. The van der Waals surface area contributed by atoms with Crippen LogP contribution in [0, 0.1) is 0 Å². The Balaban J connectivity index is 2.17. The standard InChI is InChI=1S/C7H12N2/c1-3-8-5-7-6(1)2-4-9-7/h8-9H,1-5H2. The molecule has 0 atom stereocenters. The van der Waals surface area contributed by atoms with Crippen molar-refractivity contribution in [2.45, 2.75) is 12.8 Å². The zero-order valence-electron chi connectivity index (χ0n) is 5.54. The Bertz CT molecular complexity index is 133. The molecular formula is C7H12N2. The van der Waals surface area contributed by atoms with Crippen LogP contribution in [-0.4, -0.2) is 19.6 Å². The molecule has 2 rings (SSSR count). The van der Waals surface area contributed by atoms with E-state index >= 15 is 0 Å². The van der Waals surface area contributed by atoms with Gasteiger partial charge in [0.1, 0.15) is 0 Å². The minimum Gasteiger partial charge on any atom is -0.387 e. The Morgan fingerprint density at radius 3 is 2.89 bits per heavy atom. The molecule has 2 heteroatoms. The summed E-state index contributed by atoms with van der Waals surface area (Å²) in [5.74, 6) is 0. The molecule has 0 aromatic rings. The Morgan fingerprint density at radius 2 is 2.00 bits per heavy atom. The second-order valence-electron chi connectivity index (χ2n) is 2.69. The maximum Gasteiger partial charge on any atom is 0.0353 e. The van der Waals surface area contributed by atoms with Gasteiger partial charge in [-0.25, -0.2) is 0 Å². The lowest BCUT2D eigenvalue weighted by molar-refractivity contribution is 0.666. The summed E-state index contributed by atoms with van der Waals surface area (Å²) >= 11 is 0. The third kappa shape index (κ3) is 0.833. The first kappa shape index (κ1) is 5.30. The van der Waals surface area contributed by atoms with Crippen LogP contribution in [0.4, 0.5) is 0 Å². The van der Waals surface area contributed by atoms with Gasteiger partial charge in [0.15, 0.2) is 0 Å². The second kappa shape index (κ2) is 2.03. The lowest BCUT2D eigenvalue weighted by Gasteiger charge is -2.14. The van der Waals surface area contributed by atoms with Crippen LogP contribution in [0.3, 0.4) is 0 Å². The molecule has 0 bridgehead atoms. The van der Waals surface area contributed by atoms with Gasteiger partial charge in [-0.05, 0) is 25.0 Å². The fourth-order valence-corrected chi connectivity index (χ4v) is 1.56. The maximum atomic E-state index is 3.38. The van der Waals surface area contributed by atoms with E-state index in [0.717, 1.165) is 6.54 Å². The third-order valence-electron chi connectivity index (χ3n) is 2.10. The molecule has 0 unspecified atom stereocenters. The van der Waals surface area contributed by atoms with Crippen molar-refractivity contribution in [3.63, 3.8) is 0 Å². The zero-order chi connectivity index (χ0) is 6.10. The van der Waals surface area contributed by atoms with E-state index in [0.29, 0.717) is 0 Å². The van der Waals surface area contributed by atoms with Gasteiger partial charge in [0.2, 0.25) is 0 Å². The Kier molecular flexibility index (Phi) is 1.19. The highest BCUT2D eigenvalue weighted by molar-refractivity contribution is 5.21. The summed E-state index contributed by atoms with van der Waals surface area (Å²) in [6.07, 6.45) is 2.55. The first-order valence-electron chi connectivity index (χ1n) is 3.62. The smallest absolute Gasteiger partial charge is 0.0353 e. The van der Waals surface area contributed by atoms with E-state index in [1.807, 2.05) is 0 Å². The number of hydrogen-bond donors (Lipinski definition) is 2. The van der Waals surface area contributed by atoms with Crippen LogP contribution in [-0.2, 0) is 0 Å². The lowest BCUT2D eigenvalue weighted by atomic mass is 10.1. The Morgan fingerprint density at radius 1 is 1.11 bits per heavy atom. The average molecular weight is 124 g/mol. The summed E-state index contributed by atoms with van der Waals surface area (Å²) in [5, 5.41) is 6.71. The molecule has 2 aliphatic heterocycles. The van der Waals surface area contributed by atoms with Gasteiger partial charge in [-0.1, -0.05) is 0 Å². The SMILES string of the molecule is C1CC2=C(CN1)NCC2. The van der Waals surface area contributed by atoms with Crippen molar-refractivity contribution in [3.05, 3.63) is 11.3 Å². The van der Waals surface area contributed by atoms with E-state index in [-0.39, 0.29) is 0 Å². The predicted molar refractivity (Wildman–Crippen MR) is 37.1 cm³/mol. The highest BCUT2D eigenvalue weighted by Crippen LogP contribution is 2.18. The normalized spacial score (nSPS) is 25.8. The molecular weight excluding hydrogens is 112 g/mol. The van der Waals surface area contributed by atoms with Gasteiger partial charge >= 0.3 is 0 Å². The number of hydrogen-bond acceptors (Lipinski definition) is 2. The van der Waals surface area contributed by atoms with E-state index in [1.165, 1.54) is 31.6 Å². The van der Waals surface area contributed by atoms with E-state index in [9.17, 15) is 0 Å². The van der Waals surface area contributed by atoms with Gasteiger partial charge in [-0.3, -0.25) is 0 Å². The number of rotatable bonds is 0. The van der Waals surface area contributed by atoms with Gasteiger partial charge in [0.25, 0.3) is 0 Å². The molecule has 0 fully saturated rings. The first-order valence-corrected chi connectivity index (χ1v) is 3.62. The van der Waals surface area contributed by atoms with E-state index < -0.39 is 0 Å². The van der Waals surface area contributed by atoms with Gasteiger partial charge in [-0.2, -0.15) is 0 Å². The highest BCUT2D eigenvalue weighted by Gasteiger charge is 2.15. The van der Waals surface area contributed by atoms with Gasteiger partial charge in [-0.15, -0.1) is 0 Å². The largest absolute Gasteiger partial charge is 0.387 e. The minimum absolute atomic E-state index is 1.08. The molecule has 0 aliphatic carbocycles. The van der Waals surface area contributed by atoms with Crippen molar-refractivity contribution in [2.75, 3.05) is 19.6 Å². The summed E-state index contributed by atoms with van der Waals surface area (Å²) in [7, 11) is 0. The van der Waals surface area contributed by atoms with Crippen LogP contribution in [0.1, 0.15) is 12.8 Å². The quantitative estimate of drug-likeness (QED) is 0.483. The van der Waals surface area contributed by atoms with Crippen LogP contribution in [0.5, 0.6) is 0 Å². The zero-order valence-corrected chi connectivity index (χ0v) is 5.54. The van der Waals surface area contributed by atoms with Crippen molar-refractivity contribution in [1.82, 2.24) is 10.6 Å². The molecule has 0 radical (unpaired) electrons. The summed E-state index contributed by atoms with van der Waals surface area (Å²) in [5.41, 5.74) is 3.13. The lowest BCUT2D eigenvalue weighted by Crippen LogP contribution is -2.27. The molecule has 2 N–H and O–H groups in total. The summed E-state index contributed by atoms with van der Waals surface area (Å²) in [4.78, 5) is 0. The van der Waals surface area contributed by atoms with Crippen LogP contribution < -0.4 is 10.6 Å². The van der Waals surface area contributed by atoms with Crippen molar-refractivity contribution in [2.24, 2.45) is 0 Å². The molecule has 0 amide bonds. The highest BCUT2D eigenvalue weighted by atomic mass is 15.0. The Hall–Kier alpha value is -0.500. The van der Waals surface area contributed by atoms with Crippen molar-refractivity contribution >= 4 is 0 Å². The molecule has 0 saturated carbocycles. The Labute approximate surface area is 55.3 Å². The maximum absolute atomic E-state index is 3.38. The van der Waals surface area contributed by atoms with Crippen molar-refractivity contribution < 1.29 is 0 Å². The molecule has 50 valence electrons. The molecule has 9 heavy (non-hydrogen) atoms. The monoisotopic (exact) mass is 124 g/mol. The summed E-state index contributed by atoms with van der Waals surface area (Å²) in [6, 6.07) is 0. The van der Waals surface area contributed by atoms with E-state index in [4.69, 9.17) is 0 Å². The van der Waals surface area contributed by atoms with Crippen LogP contribution in [0.25, 0.3) is 0 Å². The molecule has 0 aromatic heterocycles. The molecule has 0 aromatic carbocycles. The molecule has 0 saturated heterocycles.